The minimum atomic E-state index is 0.760. The van der Waals surface area contributed by atoms with Crippen LogP contribution in [0.1, 0.15) is 57.7 Å². The van der Waals surface area contributed by atoms with E-state index in [1.807, 2.05) is 0 Å². The molecule has 3 heteroatoms. The lowest BCUT2D eigenvalue weighted by Crippen LogP contribution is -2.30. The average Bonchev–Trinajstić information content (AvgIpc) is 3.26. The Balaban J connectivity index is 2.14. The summed E-state index contributed by atoms with van der Waals surface area (Å²) in [5, 5.41) is 3.52. The zero-order valence-electron chi connectivity index (χ0n) is 14.2. The molecule has 1 aromatic heterocycles. The highest BCUT2D eigenvalue weighted by Gasteiger charge is 2.30. The second kappa shape index (κ2) is 7.79. The molecule has 2 rings (SSSR count). The monoisotopic (exact) mass is 289 g/mol. The van der Waals surface area contributed by atoms with Crippen molar-refractivity contribution in [1.29, 1.82) is 0 Å². The van der Waals surface area contributed by atoms with Gasteiger partial charge in [-0.2, -0.15) is 0 Å². The van der Waals surface area contributed by atoms with Gasteiger partial charge in [0.15, 0.2) is 0 Å². The Morgan fingerprint density at radius 1 is 1.38 bits per heavy atom. The molecule has 1 aromatic rings. The molecule has 118 valence electrons. The summed E-state index contributed by atoms with van der Waals surface area (Å²) >= 11 is 0. The summed E-state index contributed by atoms with van der Waals surface area (Å²) in [6.07, 6.45) is 7.20. The van der Waals surface area contributed by atoms with Gasteiger partial charge in [-0.25, -0.2) is 0 Å². The molecular weight excluding hydrogens is 258 g/mol. The van der Waals surface area contributed by atoms with Crippen LogP contribution in [0.15, 0.2) is 12.3 Å². The summed E-state index contributed by atoms with van der Waals surface area (Å²) in [5.74, 6) is 0.760. The Morgan fingerprint density at radius 2 is 2.14 bits per heavy atom. The zero-order valence-corrected chi connectivity index (χ0v) is 14.2. The van der Waals surface area contributed by atoms with E-state index in [2.05, 4.69) is 55.2 Å². The van der Waals surface area contributed by atoms with Crippen LogP contribution in [0.2, 0.25) is 0 Å². The quantitative estimate of drug-likeness (QED) is 0.699. The largest absolute Gasteiger partial charge is 0.368 e. The lowest BCUT2D eigenvalue weighted by atomic mass is 10.1. The Bertz CT molecular complexity index is 438. The van der Waals surface area contributed by atoms with Crippen LogP contribution in [0.25, 0.3) is 0 Å². The number of anilines is 1. The predicted octanol–water partition coefficient (Wildman–Crippen LogP) is 3.90. The highest BCUT2D eigenvalue weighted by Crippen LogP contribution is 2.34. The average molecular weight is 289 g/mol. The van der Waals surface area contributed by atoms with E-state index in [4.69, 9.17) is 0 Å². The minimum Gasteiger partial charge on any atom is -0.368 e. The van der Waals surface area contributed by atoms with E-state index in [1.54, 1.807) is 0 Å². The van der Waals surface area contributed by atoms with Crippen molar-refractivity contribution in [1.82, 2.24) is 10.3 Å². The fourth-order valence-corrected chi connectivity index (χ4v) is 2.66. The van der Waals surface area contributed by atoms with Gasteiger partial charge in [-0.05, 0) is 51.1 Å². The highest BCUT2D eigenvalue weighted by atomic mass is 15.2. The maximum absolute atomic E-state index is 4.51. The summed E-state index contributed by atoms with van der Waals surface area (Å²) in [6.45, 7) is 12.1. The first-order valence-electron chi connectivity index (χ1n) is 8.54. The van der Waals surface area contributed by atoms with E-state index < -0.39 is 0 Å². The third-order valence-electron chi connectivity index (χ3n) is 4.09. The molecular formula is C18H31N3. The van der Waals surface area contributed by atoms with Crippen molar-refractivity contribution in [3.8, 4) is 0 Å². The van der Waals surface area contributed by atoms with Gasteiger partial charge in [0, 0.05) is 42.3 Å². The maximum atomic E-state index is 4.51. The van der Waals surface area contributed by atoms with Gasteiger partial charge in [0.1, 0.15) is 0 Å². The summed E-state index contributed by atoms with van der Waals surface area (Å²) in [7, 11) is 0. The number of aryl methyl sites for hydroxylation is 1. The molecule has 0 spiro atoms. The molecule has 0 aliphatic heterocycles. The van der Waals surface area contributed by atoms with Crippen LogP contribution in [0.3, 0.4) is 0 Å². The molecule has 0 bridgehead atoms. The molecule has 0 unspecified atom stereocenters. The standard InChI is InChI=1S/C18H31N3/c1-5-9-19-12-16-13-20-15(4)11-18(16)21(17-6-7-17)10-8-14(2)3/h11,13-14,17,19H,5-10,12H2,1-4H3. The van der Waals surface area contributed by atoms with Gasteiger partial charge < -0.3 is 10.2 Å². The number of rotatable bonds is 9. The van der Waals surface area contributed by atoms with Crippen molar-refractivity contribution in [2.75, 3.05) is 18.0 Å². The van der Waals surface area contributed by atoms with Crippen molar-refractivity contribution in [3.63, 3.8) is 0 Å². The molecule has 1 aliphatic carbocycles. The van der Waals surface area contributed by atoms with Gasteiger partial charge in [0.25, 0.3) is 0 Å². The maximum Gasteiger partial charge on any atom is 0.0448 e. The summed E-state index contributed by atoms with van der Waals surface area (Å²) in [6, 6.07) is 3.04. The zero-order chi connectivity index (χ0) is 15.2. The van der Waals surface area contributed by atoms with E-state index in [9.17, 15) is 0 Å². The molecule has 3 nitrogen and oxygen atoms in total. The van der Waals surface area contributed by atoms with Crippen LogP contribution < -0.4 is 10.2 Å². The van der Waals surface area contributed by atoms with Crippen molar-refractivity contribution >= 4 is 5.69 Å². The van der Waals surface area contributed by atoms with Crippen molar-refractivity contribution in [3.05, 3.63) is 23.5 Å². The van der Waals surface area contributed by atoms with Crippen LogP contribution in [0.4, 0.5) is 5.69 Å². The molecule has 1 N–H and O–H groups in total. The molecule has 21 heavy (non-hydrogen) atoms. The van der Waals surface area contributed by atoms with Crippen molar-refractivity contribution in [2.24, 2.45) is 5.92 Å². The van der Waals surface area contributed by atoms with E-state index in [0.29, 0.717) is 0 Å². The van der Waals surface area contributed by atoms with Crippen LogP contribution in [0.5, 0.6) is 0 Å². The van der Waals surface area contributed by atoms with Crippen LogP contribution in [0, 0.1) is 12.8 Å². The highest BCUT2D eigenvalue weighted by molar-refractivity contribution is 5.55. The molecule has 1 heterocycles. The molecule has 0 radical (unpaired) electrons. The first kappa shape index (κ1) is 16.3. The normalized spacial score (nSPS) is 14.7. The van der Waals surface area contributed by atoms with Gasteiger partial charge in [-0.15, -0.1) is 0 Å². The van der Waals surface area contributed by atoms with E-state index in [-0.39, 0.29) is 0 Å². The Labute approximate surface area is 130 Å². The SMILES string of the molecule is CCCNCc1cnc(C)cc1N(CCC(C)C)C1CC1. The van der Waals surface area contributed by atoms with Gasteiger partial charge in [0.2, 0.25) is 0 Å². The number of hydrogen-bond acceptors (Lipinski definition) is 3. The summed E-state index contributed by atoms with van der Waals surface area (Å²) < 4.78 is 0. The molecule has 1 fully saturated rings. The fourth-order valence-electron chi connectivity index (χ4n) is 2.66. The Hall–Kier alpha value is -1.09. The van der Waals surface area contributed by atoms with Gasteiger partial charge in [-0.3, -0.25) is 4.98 Å². The first-order valence-corrected chi connectivity index (χ1v) is 8.54. The number of hydrogen-bond donors (Lipinski definition) is 1. The molecule has 1 aliphatic rings. The molecule has 1 saturated carbocycles. The van der Waals surface area contributed by atoms with Crippen molar-refractivity contribution in [2.45, 2.75) is 66.0 Å². The van der Waals surface area contributed by atoms with Crippen LogP contribution >= 0.6 is 0 Å². The lowest BCUT2D eigenvalue weighted by molar-refractivity contribution is 0.568. The smallest absolute Gasteiger partial charge is 0.0448 e. The third-order valence-corrected chi connectivity index (χ3v) is 4.09. The minimum absolute atomic E-state index is 0.760. The van der Waals surface area contributed by atoms with Crippen molar-refractivity contribution < 1.29 is 0 Å². The van der Waals surface area contributed by atoms with Gasteiger partial charge in [0.05, 0.1) is 0 Å². The number of nitrogens with one attached hydrogen (secondary N) is 1. The first-order chi connectivity index (χ1) is 10.1. The van der Waals surface area contributed by atoms with Gasteiger partial charge >= 0.3 is 0 Å². The number of nitrogens with zero attached hydrogens (tertiary/aromatic N) is 2. The van der Waals surface area contributed by atoms with E-state index >= 15 is 0 Å². The van der Waals surface area contributed by atoms with Crippen LogP contribution in [-0.2, 0) is 6.54 Å². The molecule has 0 aromatic carbocycles. The van der Waals surface area contributed by atoms with E-state index in [0.717, 1.165) is 30.7 Å². The number of aromatic nitrogens is 1. The lowest BCUT2D eigenvalue weighted by Gasteiger charge is -2.28. The Morgan fingerprint density at radius 3 is 2.76 bits per heavy atom. The second-order valence-corrected chi connectivity index (χ2v) is 6.74. The van der Waals surface area contributed by atoms with Gasteiger partial charge in [-0.1, -0.05) is 20.8 Å². The molecule has 0 saturated heterocycles. The fraction of sp³-hybridized carbons (Fsp3) is 0.722. The third kappa shape index (κ3) is 4.99. The summed E-state index contributed by atoms with van der Waals surface area (Å²) in [4.78, 5) is 7.15. The topological polar surface area (TPSA) is 28.2 Å². The number of pyridine rings is 1. The molecule has 0 amide bonds. The van der Waals surface area contributed by atoms with Crippen LogP contribution in [-0.4, -0.2) is 24.1 Å². The predicted molar refractivity (Wildman–Crippen MR) is 90.8 cm³/mol. The summed E-state index contributed by atoms with van der Waals surface area (Å²) in [5.41, 5.74) is 3.89. The molecule has 0 atom stereocenters. The van der Waals surface area contributed by atoms with E-state index in [1.165, 1.54) is 43.5 Å². The Kier molecular flexibility index (Phi) is 6.04. The second-order valence-electron chi connectivity index (χ2n) is 6.74.